The first-order valence-electron chi connectivity index (χ1n) is 22.3. The standard InChI is InChI=1S/C52H58N6O7/c1-35(54-34-47(60)43-20-22-46(59)51-44(43)21-23-48(61)56-51)32-37-14-12-36(13-15-37)24-28-53-49(62)33-38-16-18-40(19-17-38)57(2)50(63)27-31-58-29-25-41(26-30-58)65-52(64)55-45-11-7-6-10-42(45)39-8-4-3-5-9-39/h3-23,35,41,47,54,59-60H,24-34H2,1-2H3,(H,53,62)(H,55,64)(H,56,61)/t35-,47?/m1/s1. The normalized spacial score (nSPS) is 14.1. The Morgan fingerprint density at radius 3 is 2.29 bits per heavy atom. The predicted molar refractivity (Wildman–Crippen MR) is 255 cm³/mol. The van der Waals surface area contributed by atoms with Gasteiger partial charge >= 0.3 is 6.09 Å². The largest absolute Gasteiger partial charge is 0.506 e. The number of amides is 3. The van der Waals surface area contributed by atoms with Gasteiger partial charge in [0.05, 0.1) is 23.7 Å². The minimum Gasteiger partial charge on any atom is -0.506 e. The maximum absolute atomic E-state index is 13.1. The number of aliphatic hydroxyl groups excluding tert-OH is 1. The quantitative estimate of drug-likeness (QED) is 0.0525. The summed E-state index contributed by atoms with van der Waals surface area (Å²) >= 11 is 0. The van der Waals surface area contributed by atoms with Crippen LogP contribution in [0.25, 0.3) is 22.0 Å². The number of carbonyl (C=O) groups is 3. The molecular formula is C52H58N6O7. The van der Waals surface area contributed by atoms with Gasteiger partial charge in [0.25, 0.3) is 0 Å². The van der Waals surface area contributed by atoms with Gasteiger partial charge in [-0.1, -0.05) is 91.0 Å². The number of hydrogen-bond acceptors (Lipinski definition) is 9. The summed E-state index contributed by atoms with van der Waals surface area (Å²) in [6.45, 7) is 4.95. The van der Waals surface area contributed by atoms with Crippen LogP contribution >= 0.6 is 0 Å². The molecule has 0 spiro atoms. The molecule has 1 aliphatic rings. The number of aromatic amines is 1. The van der Waals surface area contributed by atoms with Crippen molar-refractivity contribution in [1.82, 2.24) is 20.5 Å². The topological polar surface area (TPSA) is 176 Å². The average Bonchev–Trinajstić information content (AvgIpc) is 3.31. The highest BCUT2D eigenvalue weighted by Gasteiger charge is 2.24. The van der Waals surface area contributed by atoms with E-state index in [2.05, 4.69) is 57.0 Å². The van der Waals surface area contributed by atoms with Gasteiger partial charge in [0.2, 0.25) is 17.4 Å². The number of benzene rings is 5. The molecule has 6 N–H and O–H groups in total. The molecule has 3 amide bonds. The first-order valence-corrected chi connectivity index (χ1v) is 22.3. The molecule has 13 heteroatoms. The number of ether oxygens (including phenoxy) is 1. The second-order valence-electron chi connectivity index (χ2n) is 16.8. The number of nitrogens with one attached hydrogen (secondary N) is 4. The molecule has 7 rings (SSSR count). The third-order valence-corrected chi connectivity index (χ3v) is 12.0. The zero-order valence-corrected chi connectivity index (χ0v) is 37.0. The Labute approximate surface area is 379 Å². The fourth-order valence-electron chi connectivity index (χ4n) is 8.24. The van der Waals surface area contributed by atoms with Gasteiger partial charge in [0.15, 0.2) is 0 Å². The summed E-state index contributed by atoms with van der Waals surface area (Å²) in [6.07, 6.45) is 1.95. The molecule has 1 aromatic heterocycles. The first kappa shape index (κ1) is 46.2. The van der Waals surface area contributed by atoms with Gasteiger partial charge in [0, 0.05) is 74.9 Å². The van der Waals surface area contributed by atoms with Crippen molar-refractivity contribution in [2.24, 2.45) is 0 Å². The minimum atomic E-state index is -0.833. The van der Waals surface area contributed by atoms with E-state index in [9.17, 15) is 29.4 Å². The summed E-state index contributed by atoms with van der Waals surface area (Å²) < 4.78 is 5.78. The molecule has 6 aromatic rings. The second kappa shape index (κ2) is 22.2. The summed E-state index contributed by atoms with van der Waals surface area (Å²) in [4.78, 5) is 57.0. The maximum Gasteiger partial charge on any atom is 0.411 e. The van der Waals surface area contributed by atoms with Gasteiger partial charge in [-0.15, -0.1) is 0 Å². The number of pyridine rings is 1. The van der Waals surface area contributed by atoms with Gasteiger partial charge in [-0.3, -0.25) is 19.7 Å². The van der Waals surface area contributed by atoms with E-state index in [4.69, 9.17) is 4.74 Å². The lowest BCUT2D eigenvalue weighted by atomic mass is 10.0. The van der Waals surface area contributed by atoms with Crippen LogP contribution in [0.1, 0.15) is 54.5 Å². The molecule has 65 heavy (non-hydrogen) atoms. The predicted octanol–water partition coefficient (Wildman–Crippen LogP) is 7.12. The van der Waals surface area contributed by atoms with Crippen molar-refractivity contribution in [2.45, 2.75) is 63.7 Å². The lowest BCUT2D eigenvalue weighted by molar-refractivity contribution is -0.120. The van der Waals surface area contributed by atoms with E-state index in [1.54, 1.807) is 24.1 Å². The number of hydrogen-bond donors (Lipinski definition) is 6. The van der Waals surface area contributed by atoms with Crippen LogP contribution in [0.15, 0.2) is 132 Å². The Balaban J connectivity index is 0.761. The Morgan fingerprint density at radius 2 is 1.54 bits per heavy atom. The summed E-state index contributed by atoms with van der Waals surface area (Å²) in [5, 5.41) is 31.0. The molecule has 1 aliphatic heterocycles. The van der Waals surface area contributed by atoms with Crippen molar-refractivity contribution in [3.63, 3.8) is 0 Å². The average molecular weight is 879 g/mol. The molecule has 338 valence electrons. The van der Waals surface area contributed by atoms with Crippen LogP contribution < -0.4 is 26.4 Å². The van der Waals surface area contributed by atoms with Crippen molar-refractivity contribution >= 4 is 40.2 Å². The molecule has 0 bridgehead atoms. The number of carbonyl (C=O) groups excluding carboxylic acids is 3. The first-order chi connectivity index (χ1) is 31.5. The summed E-state index contributed by atoms with van der Waals surface area (Å²) in [7, 11) is 1.77. The Kier molecular flexibility index (Phi) is 15.8. The van der Waals surface area contributed by atoms with Gasteiger partial charge in [0.1, 0.15) is 11.9 Å². The SMILES string of the molecule is C[C@H](Cc1ccc(CCNC(=O)Cc2ccc(N(C)C(=O)CCN3CCC(OC(=O)Nc4ccccc4-c4ccccc4)CC3)cc2)cc1)NCC(O)c1ccc(O)c2[nH]c(=O)ccc12. The number of piperidine rings is 1. The number of likely N-dealkylation sites (tertiary alicyclic amines) is 1. The fraction of sp³-hybridized carbons (Fsp3) is 0.308. The number of anilines is 2. The molecular weight excluding hydrogens is 821 g/mol. The molecule has 2 heterocycles. The zero-order chi connectivity index (χ0) is 45.7. The second-order valence-corrected chi connectivity index (χ2v) is 16.8. The number of para-hydroxylation sites is 1. The van der Waals surface area contributed by atoms with Gasteiger partial charge in [-0.05, 0) is 90.8 Å². The van der Waals surface area contributed by atoms with E-state index in [-0.39, 0.29) is 41.7 Å². The van der Waals surface area contributed by atoms with Gasteiger partial charge in [-0.2, -0.15) is 0 Å². The van der Waals surface area contributed by atoms with E-state index in [1.165, 1.54) is 12.1 Å². The summed E-state index contributed by atoms with van der Waals surface area (Å²) in [5.74, 6) is -0.113. The molecule has 5 aromatic carbocycles. The third kappa shape index (κ3) is 12.9. The van der Waals surface area contributed by atoms with Crippen molar-refractivity contribution in [3.8, 4) is 16.9 Å². The van der Waals surface area contributed by atoms with Crippen LogP contribution in [0.3, 0.4) is 0 Å². The smallest absolute Gasteiger partial charge is 0.411 e. The molecule has 1 saturated heterocycles. The van der Waals surface area contributed by atoms with Crippen molar-refractivity contribution in [2.75, 3.05) is 50.0 Å². The Bertz CT molecular complexity index is 2590. The van der Waals surface area contributed by atoms with Crippen LogP contribution in [0.4, 0.5) is 16.2 Å². The lowest BCUT2D eigenvalue weighted by Crippen LogP contribution is -2.40. The van der Waals surface area contributed by atoms with Crippen LogP contribution in [-0.2, 0) is 33.6 Å². The molecule has 1 fully saturated rings. The van der Waals surface area contributed by atoms with Crippen molar-refractivity contribution < 1.29 is 29.3 Å². The number of phenolic OH excluding ortho intramolecular Hbond substituents is 1. The summed E-state index contributed by atoms with van der Waals surface area (Å²) in [6, 6.07) is 39.6. The summed E-state index contributed by atoms with van der Waals surface area (Å²) in [5.41, 5.74) is 7.13. The highest BCUT2D eigenvalue weighted by atomic mass is 16.6. The Hall–Kier alpha value is -6.80. The van der Waals surface area contributed by atoms with Gasteiger partial charge in [-0.25, -0.2) is 4.79 Å². The maximum atomic E-state index is 13.1. The van der Waals surface area contributed by atoms with E-state index in [0.717, 1.165) is 53.0 Å². The van der Waals surface area contributed by atoms with E-state index in [1.807, 2.05) is 78.9 Å². The number of aromatic nitrogens is 1. The highest BCUT2D eigenvalue weighted by Crippen LogP contribution is 2.30. The van der Waals surface area contributed by atoms with Crippen LogP contribution in [-0.4, -0.2) is 89.9 Å². The molecule has 0 aliphatic carbocycles. The number of phenols is 1. The number of aliphatic hydroxyl groups is 1. The molecule has 2 atom stereocenters. The van der Waals surface area contributed by atoms with Crippen LogP contribution in [0.2, 0.25) is 0 Å². The lowest BCUT2D eigenvalue weighted by Gasteiger charge is -2.31. The number of H-pyrrole nitrogens is 1. The Morgan fingerprint density at radius 1 is 0.846 bits per heavy atom. The fourth-order valence-corrected chi connectivity index (χ4v) is 8.24. The van der Waals surface area contributed by atoms with E-state index >= 15 is 0 Å². The number of nitrogens with zero attached hydrogens (tertiary/aromatic N) is 2. The molecule has 0 radical (unpaired) electrons. The number of aromatic hydroxyl groups is 1. The molecule has 1 unspecified atom stereocenters. The van der Waals surface area contributed by atoms with Crippen LogP contribution in [0.5, 0.6) is 5.75 Å². The number of rotatable bonds is 18. The highest BCUT2D eigenvalue weighted by molar-refractivity contribution is 5.93. The molecule has 0 saturated carbocycles. The van der Waals surface area contributed by atoms with E-state index in [0.29, 0.717) is 67.5 Å². The zero-order valence-electron chi connectivity index (χ0n) is 37.0. The number of fused-ring (bicyclic) bond motifs is 1. The minimum absolute atomic E-state index is 0.00128. The monoisotopic (exact) mass is 878 g/mol. The van der Waals surface area contributed by atoms with Crippen molar-refractivity contribution in [1.29, 1.82) is 0 Å². The van der Waals surface area contributed by atoms with E-state index < -0.39 is 12.2 Å². The van der Waals surface area contributed by atoms with Crippen molar-refractivity contribution in [3.05, 3.63) is 160 Å². The van der Waals surface area contributed by atoms with Gasteiger partial charge < -0.3 is 40.4 Å². The van der Waals surface area contributed by atoms with Crippen LogP contribution in [0, 0.1) is 0 Å². The molecule has 13 nitrogen and oxygen atoms in total. The third-order valence-electron chi connectivity index (χ3n) is 12.0.